The molecule has 0 amide bonds. The van der Waals surface area contributed by atoms with Crippen molar-refractivity contribution in [1.29, 1.82) is 0 Å². The number of hydrogen-bond donors (Lipinski definition) is 3. The maximum Gasteiger partial charge on any atom is 0.337 e. The Kier molecular flexibility index (Phi) is 4.37. The van der Waals surface area contributed by atoms with Crippen LogP contribution < -0.4 is 10.5 Å². The van der Waals surface area contributed by atoms with E-state index in [0.29, 0.717) is 5.69 Å². The molecule has 4 N–H and O–H groups in total. The van der Waals surface area contributed by atoms with Gasteiger partial charge in [0.15, 0.2) is 0 Å². The summed E-state index contributed by atoms with van der Waals surface area (Å²) in [6.45, 7) is 0. The van der Waals surface area contributed by atoms with Gasteiger partial charge in [0.05, 0.1) is 5.56 Å². The lowest BCUT2D eigenvalue weighted by molar-refractivity contribution is 0.0692. The third-order valence-corrected chi connectivity index (χ3v) is 4.71. The quantitative estimate of drug-likeness (QED) is 0.522. The number of nitrogens with one attached hydrogen (secondary N) is 1. The first-order chi connectivity index (χ1) is 9.79. The van der Waals surface area contributed by atoms with E-state index >= 15 is 0 Å². The molecule has 110 valence electrons. The zero-order valence-corrected chi connectivity index (χ0v) is 13.6. The molecule has 0 bridgehead atoms. The van der Waals surface area contributed by atoms with Gasteiger partial charge in [-0.05, 0) is 59.0 Å². The smallest absolute Gasteiger partial charge is 0.337 e. The van der Waals surface area contributed by atoms with Crippen molar-refractivity contribution < 1.29 is 18.3 Å². The standard InChI is InChI=1S/C13H11IN2O4S/c14-8-2-1-3-10(6-8)16-21(19,20)12-5-4-9(15)7-11(12)13(17)18/h1-7,16H,15H2,(H,17,18). The molecule has 0 aliphatic carbocycles. The summed E-state index contributed by atoms with van der Waals surface area (Å²) >= 11 is 2.05. The van der Waals surface area contributed by atoms with Crippen molar-refractivity contribution >= 4 is 50.0 Å². The molecule has 0 saturated heterocycles. The highest BCUT2D eigenvalue weighted by Crippen LogP contribution is 2.22. The molecule has 2 rings (SSSR count). The van der Waals surface area contributed by atoms with Crippen molar-refractivity contribution in [2.75, 3.05) is 10.5 Å². The lowest BCUT2D eigenvalue weighted by Crippen LogP contribution is -2.17. The number of rotatable bonds is 4. The molecule has 21 heavy (non-hydrogen) atoms. The first-order valence-electron chi connectivity index (χ1n) is 5.71. The maximum atomic E-state index is 12.3. The zero-order valence-electron chi connectivity index (χ0n) is 10.6. The molecule has 0 fully saturated rings. The van der Waals surface area contributed by atoms with E-state index in [9.17, 15) is 13.2 Å². The molecule has 0 atom stereocenters. The predicted molar refractivity (Wildman–Crippen MR) is 87.8 cm³/mol. The molecule has 0 unspecified atom stereocenters. The molecule has 0 radical (unpaired) electrons. The summed E-state index contributed by atoms with van der Waals surface area (Å²) in [6, 6.07) is 10.4. The van der Waals surface area contributed by atoms with Crippen molar-refractivity contribution in [1.82, 2.24) is 0 Å². The van der Waals surface area contributed by atoms with E-state index in [-0.39, 0.29) is 16.1 Å². The van der Waals surface area contributed by atoms with Gasteiger partial charge in [0.25, 0.3) is 10.0 Å². The largest absolute Gasteiger partial charge is 0.478 e. The monoisotopic (exact) mass is 418 g/mol. The van der Waals surface area contributed by atoms with E-state index in [1.165, 1.54) is 12.1 Å². The number of hydrogen-bond acceptors (Lipinski definition) is 4. The summed E-state index contributed by atoms with van der Waals surface area (Å²) in [5.74, 6) is -1.36. The molecule has 0 saturated carbocycles. The fourth-order valence-electron chi connectivity index (χ4n) is 1.71. The fourth-order valence-corrected chi connectivity index (χ4v) is 3.48. The van der Waals surface area contributed by atoms with Crippen LogP contribution in [-0.4, -0.2) is 19.5 Å². The van der Waals surface area contributed by atoms with Gasteiger partial charge in [-0.3, -0.25) is 4.72 Å². The highest BCUT2D eigenvalue weighted by atomic mass is 127. The number of anilines is 2. The average Bonchev–Trinajstić information content (AvgIpc) is 2.37. The van der Waals surface area contributed by atoms with E-state index in [2.05, 4.69) is 4.72 Å². The van der Waals surface area contributed by atoms with E-state index in [1.54, 1.807) is 18.2 Å². The van der Waals surface area contributed by atoms with E-state index in [0.717, 1.165) is 9.64 Å². The number of carbonyl (C=O) groups is 1. The Morgan fingerprint density at radius 2 is 1.90 bits per heavy atom. The summed E-state index contributed by atoms with van der Waals surface area (Å²) in [5, 5.41) is 9.11. The number of sulfonamides is 1. The second kappa shape index (κ2) is 5.90. The number of carboxylic acid groups (broad SMARTS) is 1. The van der Waals surface area contributed by atoms with Gasteiger partial charge in [-0.15, -0.1) is 0 Å². The van der Waals surface area contributed by atoms with Gasteiger partial charge >= 0.3 is 5.97 Å². The Balaban J connectivity index is 2.47. The summed E-state index contributed by atoms with van der Waals surface area (Å²) in [6.07, 6.45) is 0. The van der Waals surface area contributed by atoms with Crippen LogP contribution in [0.5, 0.6) is 0 Å². The first kappa shape index (κ1) is 15.6. The molecule has 2 aromatic rings. The van der Waals surface area contributed by atoms with E-state index < -0.39 is 16.0 Å². The Bertz CT molecular complexity index is 806. The van der Waals surface area contributed by atoms with Gasteiger partial charge in [-0.25, -0.2) is 13.2 Å². The second-order valence-electron chi connectivity index (χ2n) is 4.18. The number of halogens is 1. The maximum absolute atomic E-state index is 12.3. The average molecular weight is 418 g/mol. The van der Waals surface area contributed by atoms with Crippen LogP contribution in [0.4, 0.5) is 11.4 Å². The third-order valence-electron chi connectivity index (χ3n) is 2.60. The van der Waals surface area contributed by atoms with Gasteiger partial charge in [-0.2, -0.15) is 0 Å². The Morgan fingerprint density at radius 3 is 2.52 bits per heavy atom. The highest BCUT2D eigenvalue weighted by molar-refractivity contribution is 14.1. The van der Waals surface area contributed by atoms with E-state index in [4.69, 9.17) is 10.8 Å². The highest BCUT2D eigenvalue weighted by Gasteiger charge is 2.22. The van der Waals surface area contributed by atoms with Crippen molar-refractivity contribution in [2.45, 2.75) is 4.90 Å². The minimum Gasteiger partial charge on any atom is -0.478 e. The van der Waals surface area contributed by atoms with E-state index in [1.807, 2.05) is 28.7 Å². The Hall–Kier alpha value is -1.81. The molecule has 2 aromatic carbocycles. The summed E-state index contributed by atoms with van der Waals surface area (Å²) in [5.41, 5.74) is 5.67. The molecule has 0 spiro atoms. The Labute approximate surface area is 135 Å². The van der Waals surface area contributed by atoms with Crippen LogP contribution >= 0.6 is 22.6 Å². The third kappa shape index (κ3) is 3.64. The molecule has 0 aliphatic rings. The molecule has 0 aromatic heterocycles. The van der Waals surface area contributed by atoms with Crippen LogP contribution in [0, 0.1) is 3.57 Å². The number of nitrogen functional groups attached to an aromatic ring is 1. The van der Waals surface area contributed by atoms with Crippen molar-refractivity contribution in [3.8, 4) is 0 Å². The first-order valence-corrected chi connectivity index (χ1v) is 8.27. The molecule has 0 aliphatic heterocycles. The molecule has 8 heteroatoms. The van der Waals surface area contributed by atoms with Crippen molar-refractivity contribution in [3.63, 3.8) is 0 Å². The number of carboxylic acids is 1. The van der Waals surface area contributed by atoms with Gasteiger partial charge in [0, 0.05) is 14.9 Å². The Morgan fingerprint density at radius 1 is 1.19 bits per heavy atom. The lowest BCUT2D eigenvalue weighted by Gasteiger charge is -2.11. The SMILES string of the molecule is Nc1ccc(S(=O)(=O)Nc2cccc(I)c2)c(C(=O)O)c1. The number of benzene rings is 2. The summed E-state index contributed by atoms with van der Waals surface area (Å²) in [7, 11) is -4.01. The normalized spacial score (nSPS) is 11.1. The summed E-state index contributed by atoms with van der Waals surface area (Å²) in [4.78, 5) is 10.8. The van der Waals surface area contributed by atoms with Crippen LogP contribution in [0.25, 0.3) is 0 Å². The minimum atomic E-state index is -4.01. The van der Waals surface area contributed by atoms with Crippen LogP contribution in [0.2, 0.25) is 0 Å². The van der Waals surface area contributed by atoms with Gasteiger partial charge in [0.2, 0.25) is 0 Å². The molecular weight excluding hydrogens is 407 g/mol. The van der Waals surface area contributed by atoms with Crippen molar-refractivity contribution in [3.05, 3.63) is 51.6 Å². The zero-order chi connectivity index (χ0) is 15.6. The summed E-state index contributed by atoms with van der Waals surface area (Å²) < 4.78 is 27.9. The predicted octanol–water partition coefficient (Wildman–Crippen LogP) is 2.37. The van der Waals surface area contributed by atoms with Crippen molar-refractivity contribution in [2.24, 2.45) is 0 Å². The number of nitrogens with two attached hydrogens (primary N) is 1. The van der Waals surface area contributed by atoms with Gasteiger partial charge < -0.3 is 10.8 Å². The molecule has 6 nitrogen and oxygen atoms in total. The van der Waals surface area contributed by atoms with Crippen LogP contribution in [0.15, 0.2) is 47.4 Å². The molecular formula is C13H11IN2O4S. The second-order valence-corrected chi connectivity index (χ2v) is 7.07. The minimum absolute atomic E-state index is 0.181. The molecule has 0 heterocycles. The lowest BCUT2D eigenvalue weighted by atomic mass is 10.2. The fraction of sp³-hybridized carbons (Fsp3) is 0. The van der Waals surface area contributed by atoms with Crippen LogP contribution in [0.3, 0.4) is 0 Å². The number of aromatic carboxylic acids is 1. The van der Waals surface area contributed by atoms with Crippen LogP contribution in [-0.2, 0) is 10.0 Å². The topological polar surface area (TPSA) is 109 Å². The van der Waals surface area contributed by atoms with Gasteiger partial charge in [0.1, 0.15) is 4.90 Å². The van der Waals surface area contributed by atoms with Crippen LogP contribution in [0.1, 0.15) is 10.4 Å². The van der Waals surface area contributed by atoms with Gasteiger partial charge in [-0.1, -0.05) is 6.07 Å².